The summed E-state index contributed by atoms with van der Waals surface area (Å²) in [7, 11) is 0. The zero-order valence-corrected chi connectivity index (χ0v) is 15.0. The maximum absolute atomic E-state index is 12.2. The fraction of sp³-hybridized carbons (Fsp3) is 0.0526. The lowest BCUT2D eigenvalue weighted by Gasteiger charge is -2.09. The van der Waals surface area contributed by atoms with Gasteiger partial charge in [-0.25, -0.2) is 0 Å². The van der Waals surface area contributed by atoms with E-state index < -0.39 is 0 Å². The molecule has 1 heterocycles. The van der Waals surface area contributed by atoms with Gasteiger partial charge in [0, 0.05) is 27.8 Å². The van der Waals surface area contributed by atoms with Crippen molar-refractivity contribution in [1.82, 2.24) is 5.32 Å². The van der Waals surface area contributed by atoms with Crippen LogP contribution in [0.2, 0.25) is 10.0 Å². The molecular formula is C19H14Cl2N2O3. The van der Waals surface area contributed by atoms with Gasteiger partial charge in [-0.15, -0.1) is 0 Å². The second kappa shape index (κ2) is 8.08. The van der Waals surface area contributed by atoms with Crippen molar-refractivity contribution in [2.45, 2.75) is 6.54 Å². The van der Waals surface area contributed by atoms with E-state index in [1.807, 2.05) is 6.07 Å². The van der Waals surface area contributed by atoms with Crippen molar-refractivity contribution in [1.29, 1.82) is 0 Å². The third-order valence-electron chi connectivity index (χ3n) is 3.51. The van der Waals surface area contributed by atoms with Crippen LogP contribution in [0.5, 0.6) is 0 Å². The Bertz CT molecular complexity index is 919. The Balaban J connectivity index is 1.63. The highest BCUT2D eigenvalue weighted by atomic mass is 35.5. The highest BCUT2D eigenvalue weighted by Crippen LogP contribution is 2.19. The van der Waals surface area contributed by atoms with Crippen molar-refractivity contribution >= 4 is 40.7 Å². The number of rotatable bonds is 5. The molecule has 3 aromatic rings. The summed E-state index contributed by atoms with van der Waals surface area (Å²) in [5.41, 5.74) is 1.80. The van der Waals surface area contributed by atoms with Gasteiger partial charge in [0.05, 0.1) is 6.26 Å². The standard InChI is InChI=1S/C19H14Cl2N2O3/c20-14-8-13(9-15(21)10-14)18(24)22-11-12-3-1-4-16(7-12)23-19(25)17-5-2-6-26-17/h1-10H,11H2,(H,22,24)(H,23,25). The molecule has 0 unspecified atom stereocenters. The summed E-state index contributed by atoms with van der Waals surface area (Å²) in [6.07, 6.45) is 1.43. The lowest BCUT2D eigenvalue weighted by atomic mass is 10.1. The van der Waals surface area contributed by atoms with Crippen molar-refractivity contribution in [2.75, 3.05) is 5.32 Å². The summed E-state index contributed by atoms with van der Waals surface area (Å²) in [6, 6.07) is 15.0. The Hall–Kier alpha value is -2.76. The monoisotopic (exact) mass is 388 g/mol. The van der Waals surface area contributed by atoms with Crippen LogP contribution in [0.1, 0.15) is 26.5 Å². The summed E-state index contributed by atoms with van der Waals surface area (Å²) in [5.74, 6) is -0.411. The normalized spacial score (nSPS) is 10.4. The number of carbonyl (C=O) groups is 2. The average molecular weight is 389 g/mol. The highest BCUT2D eigenvalue weighted by Gasteiger charge is 2.10. The van der Waals surface area contributed by atoms with Crippen LogP contribution in [-0.2, 0) is 6.54 Å². The number of amides is 2. The first-order valence-electron chi connectivity index (χ1n) is 7.69. The topological polar surface area (TPSA) is 71.3 Å². The van der Waals surface area contributed by atoms with E-state index in [0.717, 1.165) is 5.56 Å². The Morgan fingerprint density at radius 2 is 1.69 bits per heavy atom. The minimum atomic E-state index is -0.343. The van der Waals surface area contributed by atoms with E-state index in [2.05, 4.69) is 10.6 Å². The molecule has 0 radical (unpaired) electrons. The van der Waals surface area contributed by atoms with Crippen LogP contribution in [-0.4, -0.2) is 11.8 Å². The fourth-order valence-corrected chi connectivity index (χ4v) is 2.85. The molecule has 0 bridgehead atoms. The number of furan rings is 1. The van der Waals surface area contributed by atoms with Gasteiger partial charge in [0.1, 0.15) is 0 Å². The molecular weight excluding hydrogens is 375 g/mol. The fourth-order valence-electron chi connectivity index (χ4n) is 2.33. The quantitative estimate of drug-likeness (QED) is 0.661. The van der Waals surface area contributed by atoms with Crippen molar-refractivity contribution in [3.05, 3.63) is 87.8 Å². The summed E-state index contributed by atoms with van der Waals surface area (Å²) in [6.45, 7) is 0.285. The van der Waals surface area contributed by atoms with Crippen molar-refractivity contribution in [2.24, 2.45) is 0 Å². The first kappa shape index (κ1) is 18.0. The smallest absolute Gasteiger partial charge is 0.291 e. The number of hydrogen-bond acceptors (Lipinski definition) is 3. The van der Waals surface area contributed by atoms with E-state index in [9.17, 15) is 9.59 Å². The molecule has 2 aromatic carbocycles. The van der Waals surface area contributed by atoms with Gasteiger partial charge < -0.3 is 15.1 Å². The van der Waals surface area contributed by atoms with Crippen LogP contribution in [0.3, 0.4) is 0 Å². The lowest BCUT2D eigenvalue weighted by Crippen LogP contribution is -2.22. The van der Waals surface area contributed by atoms with Crippen LogP contribution in [0.15, 0.2) is 65.3 Å². The predicted octanol–water partition coefficient (Wildman–Crippen LogP) is 4.77. The van der Waals surface area contributed by atoms with Gasteiger partial charge >= 0.3 is 0 Å². The molecule has 7 heteroatoms. The van der Waals surface area contributed by atoms with E-state index in [0.29, 0.717) is 21.3 Å². The van der Waals surface area contributed by atoms with Gasteiger partial charge in [-0.05, 0) is 48.0 Å². The maximum atomic E-state index is 12.2. The number of carbonyl (C=O) groups excluding carboxylic acids is 2. The number of halogens is 2. The summed E-state index contributed by atoms with van der Waals surface area (Å²) < 4.78 is 5.05. The number of benzene rings is 2. The first-order valence-corrected chi connectivity index (χ1v) is 8.45. The number of nitrogens with one attached hydrogen (secondary N) is 2. The molecule has 0 saturated carbocycles. The Morgan fingerprint density at radius 1 is 0.923 bits per heavy atom. The molecule has 0 aliphatic heterocycles. The van der Waals surface area contributed by atoms with Crippen molar-refractivity contribution in [3.63, 3.8) is 0 Å². The van der Waals surface area contributed by atoms with Crippen molar-refractivity contribution in [3.8, 4) is 0 Å². The zero-order chi connectivity index (χ0) is 18.5. The van der Waals surface area contributed by atoms with Gasteiger partial charge in [0.2, 0.25) is 0 Å². The SMILES string of the molecule is O=C(NCc1cccc(NC(=O)c2ccco2)c1)c1cc(Cl)cc(Cl)c1. The third-order valence-corrected chi connectivity index (χ3v) is 3.94. The minimum absolute atomic E-state index is 0.224. The van der Waals surface area contributed by atoms with Crippen LogP contribution in [0, 0.1) is 0 Å². The number of hydrogen-bond donors (Lipinski definition) is 2. The molecule has 0 spiro atoms. The largest absolute Gasteiger partial charge is 0.459 e. The molecule has 2 N–H and O–H groups in total. The van der Waals surface area contributed by atoms with E-state index in [1.54, 1.807) is 48.5 Å². The van der Waals surface area contributed by atoms with Crippen molar-refractivity contribution < 1.29 is 14.0 Å². The number of anilines is 1. The predicted molar refractivity (Wildman–Crippen MR) is 101 cm³/mol. The molecule has 3 rings (SSSR count). The Labute approximate surface area is 159 Å². The third kappa shape index (κ3) is 4.65. The molecule has 0 fully saturated rings. The van der Waals surface area contributed by atoms with Gasteiger partial charge in [-0.2, -0.15) is 0 Å². The zero-order valence-electron chi connectivity index (χ0n) is 13.5. The minimum Gasteiger partial charge on any atom is -0.459 e. The highest BCUT2D eigenvalue weighted by molar-refractivity contribution is 6.35. The Kier molecular flexibility index (Phi) is 5.61. The van der Waals surface area contributed by atoms with Gasteiger partial charge in [-0.1, -0.05) is 35.3 Å². The van der Waals surface area contributed by atoms with Crippen LogP contribution < -0.4 is 10.6 Å². The molecule has 5 nitrogen and oxygen atoms in total. The molecule has 1 aromatic heterocycles. The lowest BCUT2D eigenvalue weighted by molar-refractivity contribution is 0.0949. The molecule has 132 valence electrons. The summed E-state index contributed by atoms with van der Waals surface area (Å²) in [4.78, 5) is 24.2. The molecule has 0 saturated heterocycles. The maximum Gasteiger partial charge on any atom is 0.291 e. The molecule has 0 atom stereocenters. The van der Waals surface area contributed by atoms with Gasteiger partial charge in [-0.3, -0.25) is 9.59 Å². The second-order valence-corrected chi connectivity index (χ2v) is 6.35. The van der Waals surface area contributed by atoms with Crippen LogP contribution in [0.4, 0.5) is 5.69 Å². The second-order valence-electron chi connectivity index (χ2n) is 5.47. The Morgan fingerprint density at radius 3 is 2.38 bits per heavy atom. The average Bonchev–Trinajstić information content (AvgIpc) is 3.14. The van der Waals surface area contributed by atoms with E-state index in [-0.39, 0.29) is 24.1 Å². The van der Waals surface area contributed by atoms with E-state index in [1.165, 1.54) is 6.26 Å². The molecule has 26 heavy (non-hydrogen) atoms. The van der Waals surface area contributed by atoms with E-state index in [4.69, 9.17) is 27.6 Å². The van der Waals surface area contributed by atoms with E-state index >= 15 is 0 Å². The van der Waals surface area contributed by atoms with Crippen LogP contribution in [0.25, 0.3) is 0 Å². The summed E-state index contributed by atoms with van der Waals surface area (Å²) >= 11 is 11.8. The van der Waals surface area contributed by atoms with Gasteiger partial charge in [0.15, 0.2) is 5.76 Å². The first-order chi connectivity index (χ1) is 12.5. The molecule has 0 aliphatic rings. The van der Waals surface area contributed by atoms with Crippen LogP contribution >= 0.6 is 23.2 Å². The molecule has 2 amide bonds. The van der Waals surface area contributed by atoms with Gasteiger partial charge in [0.25, 0.3) is 11.8 Å². The molecule has 0 aliphatic carbocycles. The summed E-state index contributed by atoms with van der Waals surface area (Å²) in [5, 5.41) is 6.32.